The summed E-state index contributed by atoms with van der Waals surface area (Å²) in [5.41, 5.74) is 9.43. The second-order valence-corrected chi connectivity index (χ2v) is 5.71. The van der Waals surface area contributed by atoms with Gasteiger partial charge in [0.15, 0.2) is 0 Å². The molecule has 2 N–H and O–H groups in total. The number of nitrogen functional groups attached to an aromatic ring is 1. The Bertz CT molecular complexity index is 657. The van der Waals surface area contributed by atoms with Crippen molar-refractivity contribution in [1.82, 2.24) is 4.90 Å². The lowest BCUT2D eigenvalue weighted by molar-refractivity contribution is 0.0763. The predicted octanol–water partition coefficient (Wildman–Crippen LogP) is 3.16. The van der Waals surface area contributed by atoms with Crippen LogP contribution >= 0.6 is 11.6 Å². The molecule has 0 aliphatic carbocycles. The van der Waals surface area contributed by atoms with Gasteiger partial charge in [-0.1, -0.05) is 35.9 Å². The van der Waals surface area contributed by atoms with Crippen molar-refractivity contribution in [3.63, 3.8) is 0 Å². The van der Waals surface area contributed by atoms with E-state index in [-0.39, 0.29) is 5.91 Å². The topological polar surface area (TPSA) is 46.3 Å². The zero-order valence-electron chi connectivity index (χ0n) is 11.7. The fourth-order valence-electron chi connectivity index (χ4n) is 2.75. The minimum absolute atomic E-state index is 0.0205. The van der Waals surface area contributed by atoms with Crippen LogP contribution < -0.4 is 5.73 Å². The third-order valence-corrected chi connectivity index (χ3v) is 4.24. The van der Waals surface area contributed by atoms with Gasteiger partial charge in [-0.3, -0.25) is 4.79 Å². The highest BCUT2D eigenvalue weighted by molar-refractivity contribution is 6.34. The molecule has 2 aromatic carbocycles. The van der Waals surface area contributed by atoms with Crippen molar-refractivity contribution in [2.24, 2.45) is 0 Å². The summed E-state index contributed by atoms with van der Waals surface area (Å²) in [5, 5.41) is 0.418. The quantitative estimate of drug-likeness (QED) is 0.822. The minimum atomic E-state index is -0.0205. The number of carbonyl (C=O) groups is 1. The zero-order chi connectivity index (χ0) is 14.8. The van der Waals surface area contributed by atoms with E-state index in [1.165, 1.54) is 11.1 Å². The van der Waals surface area contributed by atoms with Crippen LogP contribution in [0.1, 0.15) is 21.5 Å². The molecule has 0 unspecified atom stereocenters. The average Bonchev–Trinajstić information content (AvgIpc) is 2.69. The summed E-state index contributed by atoms with van der Waals surface area (Å²) in [6, 6.07) is 13.4. The molecule has 1 aliphatic rings. The zero-order valence-corrected chi connectivity index (χ0v) is 12.4. The van der Waals surface area contributed by atoms with Gasteiger partial charge in [-0.25, -0.2) is 0 Å². The summed E-state index contributed by atoms with van der Waals surface area (Å²) < 4.78 is 0. The van der Waals surface area contributed by atoms with Gasteiger partial charge in [0.2, 0.25) is 0 Å². The number of benzene rings is 2. The molecule has 0 aromatic heterocycles. The highest BCUT2D eigenvalue weighted by Gasteiger charge is 2.21. The molecule has 3 nitrogen and oxygen atoms in total. The van der Waals surface area contributed by atoms with Crippen molar-refractivity contribution >= 4 is 23.2 Å². The Balaban J connectivity index is 1.81. The molecular weight excluding hydrogens is 284 g/mol. The average molecular weight is 301 g/mol. The number of nitrogens with zero attached hydrogens (tertiary/aromatic N) is 1. The molecule has 108 valence electrons. The van der Waals surface area contributed by atoms with E-state index in [9.17, 15) is 4.79 Å². The molecule has 0 atom stereocenters. The number of halogens is 1. The second-order valence-electron chi connectivity index (χ2n) is 5.30. The molecule has 2 aromatic rings. The number of amides is 1. The van der Waals surface area contributed by atoms with Crippen LogP contribution in [0.15, 0.2) is 42.5 Å². The highest BCUT2D eigenvalue weighted by atomic mass is 35.5. The van der Waals surface area contributed by atoms with Gasteiger partial charge in [0.1, 0.15) is 0 Å². The lowest BCUT2D eigenvalue weighted by Crippen LogP contribution is -2.33. The van der Waals surface area contributed by atoms with Crippen molar-refractivity contribution in [3.8, 4) is 0 Å². The van der Waals surface area contributed by atoms with Crippen molar-refractivity contribution in [3.05, 3.63) is 64.2 Å². The Labute approximate surface area is 129 Å². The van der Waals surface area contributed by atoms with Crippen LogP contribution in [0.5, 0.6) is 0 Å². The maximum Gasteiger partial charge on any atom is 0.255 e. The number of fused-ring (bicyclic) bond motifs is 1. The Kier molecular flexibility index (Phi) is 3.84. The molecule has 0 radical (unpaired) electrons. The lowest BCUT2D eigenvalue weighted by atomic mass is 10.0. The summed E-state index contributed by atoms with van der Waals surface area (Å²) in [6.45, 7) is 1.44. The molecule has 0 spiro atoms. The van der Waals surface area contributed by atoms with Crippen LogP contribution in [0.2, 0.25) is 5.02 Å². The number of rotatable bonds is 1. The summed E-state index contributed by atoms with van der Waals surface area (Å²) in [7, 11) is 0. The maximum absolute atomic E-state index is 12.6. The van der Waals surface area contributed by atoms with Crippen molar-refractivity contribution in [2.75, 3.05) is 18.8 Å². The van der Waals surface area contributed by atoms with E-state index in [1.54, 1.807) is 18.2 Å². The summed E-state index contributed by atoms with van der Waals surface area (Å²) in [4.78, 5) is 14.5. The van der Waals surface area contributed by atoms with Gasteiger partial charge < -0.3 is 10.6 Å². The van der Waals surface area contributed by atoms with Crippen LogP contribution in [0.4, 0.5) is 5.69 Å². The Hall–Kier alpha value is -2.00. The Morgan fingerprint density at radius 1 is 1.05 bits per heavy atom. The van der Waals surface area contributed by atoms with Gasteiger partial charge in [-0.2, -0.15) is 0 Å². The first-order valence-corrected chi connectivity index (χ1v) is 7.44. The fraction of sp³-hybridized carbons (Fsp3) is 0.235. The normalized spacial score (nSPS) is 14.4. The van der Waals surface area contributed by atoms with E-state index >= 15 is 0 Å². The highest BCUT2D eigenvalue weighted by Crippen LogP contribution is 2.22. The SMILES string of the molecule is Nc1ccc(C(=O)N2CCc3ccccc3CC2)c(Cl)c1. The lowest BCUT2D eigenvalue weighted by Gasteiger charge is -2.21. The molecule has 0 saturated carbocycles. The third kappa shape index (κ3) is 2.88. The molecule has 1 heterocycles. The smallest absolute Gasteiger partial charge is 0.255 e. The monoisotopic (exact) mass is 300 g/mol. The molecule has 3 rings (SSSR count). The molecule has 0 saturated heterocycles. The van der Waals surface area contributed by atoms with E-state index in [1.807, 2.05) is 17.0 Å². The molecule has 21 heavy (non-hydrogen) atoms. The largest absolute Gasteiger partial charge is 0.399 e. The number of nitrogens with two attached hydrogens (primary N) is 1. The van der Waals surface area contributed by atoms with Crippen molar-refractivity contribution in [1.29, 1.82) is 0 Å². The van der Waals surface area contributed by atoms with Gasteiger partial charge in [0, 0.05) is 18.8 Å². The van der Waals surface area contributed by atoms with Crippen LogP contribution in [0, 0.1) is 0 Å². The van der Waals surface area contributed by atoms with E-state index in [0.29, 0.717) is 16.3 Å². The van der Waals surface area contributed by atoms with E-state index in [0.717, 1.165) is 25.9 Å². The summed E-state index contributed by atoms with van der Waals surface area (Å²) in [6.07, 6.45) is 1.77. The van der Waals surface area contributed by atoms with Gasteiger partial charge in [0.05, 0.1) is 10.6 Å². The first kappa shape index (κ1) is 14.0. The van der Waals surface area contributed by atoms with Crippen LogP contribution in [0.3, 0.4) is 0 Å². The number of anilines is 1. The number of hydrogen-bond acceptors (Lipinski definition) is 2. The molecule has 0 bridgehead atoms. The predicted molar refractivity (Wildman–Crippen MR) is 85.6 cm³/mol. The third-order valence-electron chi connectivity index (χ3n) is 3.93. The molecular formula is C17H17ClN2O. The maximum atomic E-state index is 12.6. The number of carbonyl (C=O) groups excluding carboxylic acids is 1. The number of hydrogen-bond donors (Lipinski definition) is 1. The van der Waals surface area contributed by atoms with Gasteiger partial charge in [0.25, 0.3) is 5.91 Å². The molecule has 1 amide bonds. The van der Waals surface area contributed by atoms with Crippen LogP contribution in [-0.2, 0) is 12.8 Å². The Morgan fingerprint density at radius 3 is 2.24 bits per heavy atom. The van der Waals surface area contributed by atoms with Gasteiger partial charge >= 0.3 is 0 Å². The van der Waals surface area contributed by atoms with E-state index < -0.39 is 0 Å². The van der Waals surface area contributed by atoms with Crippen LogP contribution in [-0.4, -0.2) is 23.9 Å². The van der Waals surface area contributed by atoms with Crippen LogP contribution in [0.25, 0.3) is 0 Å². The van der Waals surface area contributed by atoms with Gasteiger partial charge in [-0.05, 0) is 42.2 Å². The van der Waals surface area contributed by atoms with E-state index in [2.05, 4.69) is 12.1 Å². The fourth-order valence-corrected chi connectivity index (χ4v) is 3.02. The second kappa shape index (κ2) is 5.78. The van der Waals surface area contributed by atoms with Gasteiger partial charge in [-0.15, -0.1) is 0 Å². The standard InChI is InChI=1S/C17H17ClN2O/c18-16-11-14(19)5-6-15(16)17(21)20-9-7-12-3-1-2-4-13(12)8-10-20/h1-6,11H,7-10,19H2. The molecule has 1 aliphatic heterocycles. The molecule has 0 fully saturated rings. The van der Waals surface area contributed by atoms with E-state index in [4.69, 9.17) is 17.3 Å². The molecule has 4 heteroatoms. The Morgan fingerprint density at radius 2 is 1.67 bits per heavy atom. The van der Waals surface area contributed by atoms with Crippen molar-refractivity contribution in [2.45, 2.75) is 12.8 Å². The summed E-state index contributed by atoms with van der Waals surface area (Å²) in [5.74, 6) is -0.0205. The van der Waals surface area contributed by atoms with Crippen molar-refractivity contribution < 1.29 is 4.79 Å². The minimum Gasteiger partial charge on any atom is -0.399 e. The first-order valence-electron chi connectivity index (χ1n) is 7.06. The first-order chi connectivity index (χ1) is 10.1. The summed E-state index contributed by atoms with van der Waals surface area (Å²) >= 11 is 6.15.